The molecule has 2 amide bonds. The standard InChI is InChI=1S/C49H51Cl6NO19/c1-23-27(70-38(61)32(58)31(25-14-10-8-11-15-25)56-39(62)44(5,6)75-40(56)63)19-47(66)36(73-37(60)26-16-12-9-13-17-26)34-45(7,35(59)33(30(23)43(47,3)4)72-42(65)69-22-49(53,54)55)28(71-41(64)68-21-48(50,51)52)18-29-46(34,20-67-29)74-24(2)57/h8-17,27-29,31-34,36,58,66H,18-22H2,1-7H3/t27-,28+,29-,31+,32+,33-,34+,36-,45-,46?,47-/m1/s1. The fourth-order valence-corrected chi connectivity index (χ4v) is 11.3. The second kappa shape index (κ2) is 21.0. The highest BCUT2D eigenvalue weighted by molar-refractivity contribution is 6.68. The van der Waals surface area contributed by atoms with Gasteiger partial charge in [-0.2, -0.15) is 0 Å². The van der Waals surface area contributed by atoms with Gasteiger partial charge in [0.1, 0.15) is 49.3 Å². The number of esters is 3. The zero-order chi connectivity index (χ0) is 55.6. The summed E-state index contributed by atoms with van der Waals surface area (Å²) in [6.07, 6.45) is -17.3. The molecule has 5 aliphatic rings. The van der Waals surface area contributed by atoms with Crippen molar-refractivity contribution in [1.82, 2.24) is 4.90 Å². The van der Waals surface area contributed by atoms with Gasteiger partial charge in [0.15, 0.2) is 29.2 Å². The lowest BCUT2D eigenvalue weighted by molar-refractivity contribution is -0.346. The number of carbonyl (C=O) groups is 8. The van der Waals surface area contributed by atoms with Gasteiger partial charge in [-0.3, -0.25) is 14.4 Å². The van der Waals surface area contributed by atoms with Crippen LogP contribution in [0.3, 0.4) is 0 Å². The number of fused-ring (bicyclic) bond motifs is 5. The van der Waals surface area contributed by atoms with E-state index in [9.17, 15) is 43.8 Å². The Hall–Kier alpha value is -4.64. The van der Waals surface area contributed by atoms with E-state index < -0.39 is 164 Å². The number of aliphatic hydroxyl groups is 2. The third-order valence-corrected chi connectivity index (χ3v) is 15.2. The Labute approximate surface area is 459 Å². The Balaban J connectivity index is 1.47. The van der Waals surface area contributed by atoms with E-state index in [1.807, 2.05) is 0 Å². The Bertz CT molecular complexity index is 2660. The average Bonchev–Trinajstić information content (AvgIpc) is 3.52. The van der Waals surface area contributed by atoms with Crippen LogP contribution in [0.2, 0.25) is 0 Å². The van der Waals surface area contributed by atoms with Gasteiger partial charge in [0, 0.05) is 25.2 Å². The van der Waals surface area contributed by atoms with Crippen LogP contribution in [0.1, 0.15) is 83.3 Å². The van der Waals surface area contributed by atoms with Gasteiger partial charge >= 0.3 is 36.3 Å². The molecule has 11 atom stereocenters. The van der Waals surface area contributed by atoms with Crippen LogP contribution in [0, 0.1) is 16.7 Å². The molecule has 2 aliphatic heterocycles. The highest BCUT2D eigenvalue weighted by atomic mass is 35.6. The molecule has 26 heteroatoms. The third-order valence-electron chi connectivity index (χ3n) is 14.5. The van der Waals surface area contributed by atoms with Crippen LogP contribution in [-0.2, 0) is 61.8 Å². The van der Waals surface area contributed by atoms with E-state index in [0.717, 1.165) is 6.92 Å². The number of ether oxygens (including phenoxy) is 9. The van der Waals surface area contributed by atoms with Crippen LogP contribution in [0.5, 0.6) is 0 Å². The zero-order valence-electron chi connectivity index (χ0n) is 41.0. The van der Waals surface area contributed by atoms with Gasteiger partial charge in [0.25, 0.3) is 5.91 Å². The monoisotopic (exact) mass is 1170 g/mol. The molecule has 408 valence electrons. The molecule has 0 radical (unpaired) electrons. The van der Waals surface area contributed by atoms with Crippen molar-refractivity contribution in [2.45, 2.75) is 128 Å². The number of ketones is 1. The number of rotatable bonds is 12. The summed E-state index contributed by atoms with van der Waals surface area (Å²) in [7, 11) is 0. The Morgan fingerprint density at radius 2 is 1.37 bits per heavy atom. The van der Waals surface area contributed by atoms with Gasteiger partial charge in [-0.05, 0) is 56.5 Å². The van der Waals surface area contributed by atoms with E-state index in [4.69, 9.17) is 112 Å². The van der Waals surface area contributed by atoms with E-state index in [1.165, 1.54) is 90.1 Å². The van der Waals surface area contributed by atoms with Gasteiger partial charge in [-0.25, -0.2) is 28.9 Å². The van der Waals surface area contributed by atoms with Crippen LogP contribution in [0.25, 0.3) is 0 Å². The molecule has 2 saturated heterocycles. The number of alkyl halides is 6. The Kier molecular flexibility index (Phi) is 16.2. The van der Waals surface area contributed by atoms with E-state index in [-0.39, 0.29) is 22.3 Å². The van der Waals surface area contributed by atoms with Crippen molar-refractivity contribution in [3.05, 3.63) is 82.9 Å². The molecular weight excluding hydrogens is 1120 g/mol. The van der Waals surface area contributed by atoms with Crippen molar-refractivity contribution < 1.29 is 91.2 Å². The van der Waals surface area contributed by atoms with Crippen LogP contribution >= 0.6 is 69.6 Å². The summed E-state index contributed by atoms with van der Waals surface area (Å²) in [5, 5.41) is 26.1. The minimum absolute atomic E-state index is 0.0762. The molecule has 0 aromatic heterocycles. The first kappa shape index (κ1) is 58.1. The van der Waals surface area contributed by atoms with Gasteiger partial charge in [-0.1, -0.05) is 132 Å². The first-order valence-electron chi connectivity index (χ1n) is 23.1. The maximum Gasteiger partial charge on any atom is 0.509 e. The average molecular weight is 1170 g/mol. The van der Waals surface area contributed by atoms with Crippen molar-refractivity contribution in [2.75, 3.05) is 19.8 Å². The van der Waals surface area contributed by atoms with Gasteiger partial charge < -0.3 is 52.8 Å². The van der Waals surface area contributed by atoms with Crippen LogP contribution < -0.4 is 0 Å². The van der Waals surface area contributed by atoms with Crippen LogP contribution in [-0.4, -0.2) is 144 Å². The molecule has 2 heterocycles. The van der Waals surface area contributed by atoms with Crippen molar-refractivity contribution in [2.24, 2.45) is 16.7 Å². The second-order valence-corrected chi connectivity index (χ2v) is 25.0. The number of nitrogens with zero attached hydrogens (tertiary/aromatic N) is 1. The van der Waals surface area contributed by atoms with E-state index in [1.54, 1.807) is 12.1 Å². The third kappa shape index (κ3) is 11.0. The van der Waals surface area contributed by atoms with Crippen LogP contribution in [0.4, 0.5) is 14.4 Å². The summed E-state index contributed by atoms with van der Waals surface area (Å²) in [5.74, 6) is -7.52. The molecule has 2 N–H and O–H groups in total. The minimum Gasteiger partial charge on any atom is -0.456 e. The summed E-state index contributed by atoms with van der Waals surface area (Å²) < 4.78 is 47.7. The number of carbonyl (C=O) groups excluding carboxylic acids is 8. The van der Waals surface area contributed by atoms with Crippen molar-refractivity contribution in [1.29, 1.82) is 0 Å². The van der Waals surface area contributed by atoms with E-state index in [2.05, 4.69) is 0 Å². The molecule has 20 nitrogen and oxygen atoms in total. The van der Waals surface area contributed by atoms with Gasteiger partial charge in [0.05, 0.1) is 23.5 Å². The van der Waals surface area contributed by atoms with Crippen LogP contribution in [0.15, 0.2) is 71.8 Å². The van der Waals surface area contributed by atoms with Crippen molar-refractivity contribution in [3.8, 4) is 0 Å². The highest BCUT2D eigenvalue weighted by Crippen LogP contribution is 2.65. The molecule has 3 aliphatic carbocycles. The predicted molar refractivity (Wildman–Crippen MR) is 263 cm³/mol. The van der Waals surface area contributed by atoms with Crippen molar-refractivity contribution >= 4 is 118 Å². The normalized spacial score (nSPS) is 30.6. The summed E-state index contributed by atoms with van der Waals surface area (Å²) in [6, 6.07) is 13.1. The molecule has 0 spiro atoms. The number of hydrogen-bond donors (Lipinski definition) is 2. The van der Waals surface area contributed by atoms with Gasteiger partial charge in [-0.15, -0.1) is 0 Å². The first-order chi connectivity index (χ1) is 34.7. The molecule has 2 aromatic rings. The summed E-state index contributed by atoms with van der Waals surface area (Å²) in [4.78, 5) is 114. The molecule has 4 fully saturated rings. The lowest BCUT2D eigenvalue weighted by atomic mass is 9.44. The number of Topliss-reactive ketones (excluding diaryl/α,β-unsaturated/α-hetero) is 1. The predicted octanol–water partition coefficient (Wildman–Crippen LogP) is 7.55. The Morgan fingerprint density at radius 1 is 0.813 bits per heavy atom. The number of aliphatic hydroxyl groups excluding tert-OH is 1. The Morgan fingerprint density at radius 3 is 1.88 bits per heavy atom. The van der Waals surface area contributed by atoms with Crippen molar-refractivity contribution in [3.63, 3.8) is 0 Å². The van der Waals surface area contributed by atoms with Gasteiger partial charge in [0.2, 0.25) is 7.59 Å². The maximum atomic E-state index is 16.3. The molecular formula is C49H51Cl6NO19. The largest absolute Gasteiger partial charge is 0.509 e. The summed E-state index contributed by atoms with van der Waals surface area (Å²) in [6.45, 7) is 6.74. The first-order valence-corrected chi connectivity index (χ1v) is 25.3. The highest BCUT2D eigenvalue weighted by Gasteiger charge is 2.79. The lowest BCUT2D eigenvalue weighted by Gasteiger charge is -2.67. The number of hydrogen-bond acceptors (Lipinski definition) is 19. The second-order valence-electron chi connectivity index (χ2n) is 19.9. The quantitative estimate of drug-likeness (QED) is 0.0899. The minimum atomic E-state index is -2.71. The van der Waals surface area contributed by atoms with E-state index >= 15 is 4.79 Å². The molecule has 75 heavy (non-hydrogen) atoms. The molecule has 2 aromatic carbocycles. The number of halogens is 6. The number of imide groups is 1. The summed E-state index contributed by atoms with van der Waals surface area (Å²) in [5.41, 5.74) is -11.3. The summed E-state index contributed by atoms with van der Waals surface area (Å²) >= 11 is 35.4. The lowest BCUT2D eigenvalue weighted by Crippen LogP contribution is -2.82. The molecule has 2 saturated carbocycles. The molecule has 2 bridgehead atoms. The SMILES string of the molecule is CC(=O)OC12CO[C@@H]1C[C@H](OC(=O)OCC(Cl)(Cl)Cl)[C@@]1(C)C(=O)[C@H](OC(=O)OCC(Cl)(Cl)Cl)C3=C(C)[C@H](OC(=O)[C@@H](O)[C@H](c4ccccc4)N4C(=O)OC(C)(C)C4=O)C[C@@](O)([C@H](OC(=O)c4ccccc4)[C@H]21)C3(C)C. The fourth-order valence-electron chi connectivity index (χ4n) is 10.9. The molecule has 7 rings (SSSR count). The van der Waals surface area contributed by atoms with E-state index in [0.29, 0.717) is 4.90 Å². The zero-order valence-corrected chi connectivity index (χ0v) is 45.5. The number of amides is 2. The fraction of sp³-hybridized carbons (Fsp3) is 0.551. The molecule has 1 unspecified atom stereocenters. The maximum absolute atomic E-state index is 16.3. The number of cyclic esters (lactones) is 1. The smallest absolute Gasteiger partial charge is 0.456 e. The number of benzene rings is 2. The topological polar surface area (TPSA) is 263 Å².